The van der Waals surface area contributed by atoms with E-state index in [-0.39, 0.29) is 9.77 Å². The summed E-state index contributed by atoms with van der Waals surface area (Å²) in [5.41, 5.74) is 0.219. The molecule has 1 aromatic rings. The molecule has 0 radical (unpaired) electrons. The molecule has 8 heteroatoms. The summed E-state index contributed by atoms with van der Waals surface area (Å²) in [5.74, 6) is -0.207. The molecule has 1 saturated heterocycles. The van der Waals surface area contributed by atoms with Gasteiger partial charge in [-0.3, -0.25) is 0 Å². The zero-order valence-electron chi connectivity index (χ0n) is 10.0. The molecule has 1 aromatic heterocycles. The van der Waals surface area contributed by atoms with Crippen molar-refractivity contribution in [2.75, 3.05) is 19.8 Å². The van der Waals surface area contributed by atoms with Crippen molar-refractivity contribution in [3.8, 4) is 0 Å². The summed E-state index contributed by atoms with van der Waals surface area (Å²) in [4.78, 5) is 11.7. The Morgan fingerprint density at radius 2 is 2.16 bits per heavy atom. The van der Waals surface area contributed by atoms with Crippen LogP contribution in [-0.4, -0.2) is 34.2 Å². The first-order valence-electron chi connectivity index (χ1n) is 5.75. The second kappa shape index (κ2) is 6.21. The molecule has 0 saturated carbocycles. The van der Waals surface area contributed by atoms with Gasteiger partial charge in [0.05, 0.1) is 12.2 Å². The summed E-state index contributed by atoms with van der Waals surface area (Å²) >= 11 is 0.906. The SMILES string of the molecule is O=C(OCC1CCOCC1)c1csc(S(=O)(=O)Cl)c1. The molecule has 1 fully saturated rings. The van der Waals surface area contributed by atoms with Gasteiger partial charge in [-0.1, -0.05) is 0 Å². The van der Waals surface area contributed by atoms with Crippen molar-refractivity contribution in [1.29, 1.82) is 0 Å². The van der Waals surface area contributed by atoms with E-state index < -0.39 is 15.0 Å². The fourth-order valence-electron chi connectivity index (χ4n) is 1.74. The number of hydrogen-bond donors (Lipinski definition) is 0. The maximum atomic E-state index is 11.7. The molecule has 19 heavy (non-hydrogen) atoms. The van der Waals surface area contributed by atoms with Crippen molar-refractivity contribution in [2.24, 2.45) is 5.92 Å². The lowest BCUT2D eigenvalue weighted by atomic mass is 10.0. The van der Waals surface area contributed by atoms with Crippen molar-refractivity contribution in [2.45, 2.75) is 17.1 Å². The molecule has 0 aliphatic carbocycles. The highest BCUT2D eigenvalue weighted by Gasteiger charge is 2.19. The third kappa shape index (κ3) is 4.17. The van der Waals surface area contributed by atoms with Gasteiger partial charge in [-0.15, -0.1) is 11.3 Å². The summed E-state index contributed by atoms with van der Waals surface area (Å²) in [6.45, 7) is 1.71. The van der Waals surface area contributed by atoms with Gasteiger partial charge < -0.3 is 9.47 Å². The van der Waals surface area contributed by atoms with E-state index in [2.05, 4.69) is 0 Å². The van der Waals surface area contributed by atoms with Crippen LogP contribution in [0.25, 0.3) is 0 Å². The van der Waals surface area contributed by atoms with Crippen molar-refractivity contribution in [3.05, 3.63) is 17.0 Å². The Balaban J connectivity index is 1.91. The molecule has 0 unspecified atom stereocenters. The quantitative estimate of drug-likeness (QED) is 0.627. The van der Waals surface area contributed by atoms with Crippen LogP contribution in [0, 0.1) is 5.92 Å². The molecule has 2 heterocycles. The van der Waals surface area contributed by atoms with Crippen molar-refractivity contribution >= 4 is 37.0 Å². The van der Waals surface area contributed by atoms with E-state index in [1.807, 2.05) is 0 Å². The van der Waals surface area contributed by atoms with Crippen molar-refractivity contribution < 1.29 is 22.7 Å². The van der Waals surface area contributed by atoms with Gasteiger partial charge in [0, 0.05) is 29.3 Å². The number of hydrogen-bond acceptors (Lipinski definition) is 6. The molecule has 0 amide bonds. The molecule has 1 aliphatic rings. The Morgan fingerprint density at radius 3 is 2.74 bits per heavy atom. The van der Waals surface area contributed by atoms with Crippen LogP contribution in [0.15, 0.2) is 15.7 Å². The first kappa shape index (κ1) is 14.8. The van der Waals surface area contributed by atoms with Gasteiger partial charge in [-0.25, -0.2) is 13.2 Å². The van der Waals surface area contributed by atoms with Crippen LogP contribution in [0.3, 0.4) is 0 Å². The molecule has 0 bridgehead atoms. The number of rotatable bonds is 4. The Morgan fingerprint density at radius 1 is 1.47 bits per heavy atom. The lowest BCUT2D eigenvalue weighted by Crippen LogP contribution is -2.21. The first-order chi connectivity index (χ1) is 8.97. The standard InChI is InChI=1S/C11H13ClO5S2/c12-19(14,15)10-5-9(7-18-10)11(13)17-6-8-1-3-16-4-2-8/h5,7-8H,1-4,6H2. The van der Waals surface area contributed by atoms with Crippen LogP contribution in [0.2, 0.25) is 0 Å². The summed E-state index contributed by atoms with van der Waals surface area (Å²) in [5, 5.41) is 1.43. The number of carbonyl (C=O) groups is 1. The largest absolute Gasteiger partial charge is 0.462 e. The topological polar surface area (TPSA) is 69.7 Å². The minimum absolute atomic E-state index is 0.0489. The lowest BCUT2D eigenvalue weighted by molar-refractivity contribution is 0.0186. The van der Waals surface area contributed by atoms with Crippen LogP contribution < -0.4 is 0 Å². The van der Waals surface area contributed by atoms with Crippen LogP contribution in [-0.2, 0) is 18.5 Å². The highest BCUT2D eigenvalue weighted by Crippen LogP contribution is 2.24. The van der Waals surface area contributed by atoms with E-state index in [1.165, 1.54) is 11.4 Å². The van der Waals surface area contributed by atoms with Gasteiger partial charge >= 0.3 is 5.97 Å². The van der Waals surface area contributed by atoms with E-state index in [1.54, 1.807) is 0 Å². The second-order valence-electron chi connectivity index (χ2n) is 4.25. The lowest BCUT2D eigenvalue weighted by Gasteiger charge is -2.21. The number of thiophene rings is 1. The minimum Gasteiger partial charge on any atom is -0.462 e. The zero-order chi connectivity index (χ0) is 13.9. The molecular weight excluding hydrogens is 312 g/mol. The third-order valence-corrected chi connectivity index (χ3v) is 5.88. The second-order valence-corrected chi connectivity index (χ2v) is 7.95. The van der Waals surface area contributed by atoms with Gasteiger partial charge in [0.25, 0.3) is 9.05 Å². The predicted octanol–water partition coefficient (Wildman–Crippen LogP) is 2.26. The Kier molecular flexibility index (Phi) is 4.83. The summed E-state index contributed by atoms with van der Waals surface area (Å²) in [6, 6.07) is 1.24. The van der Waals surface area contributed by atoms with Gasteiger partial charge in [0.15, 0.2) is 0 Å². The molecule has 0 spiro atoms. The maximum Gasteiger partial charge on any atom is 0.339 e. The highest BCUT2D eigenvalue weighted by molar-refractivity contribution is 8.15. The maximum absolute atomic E-state index is 11.7. The van der Waals surface area contributed by atoms with Crippen molar-refractivity contribution in [1.82, 2.24) is 0 Å². The van der Waals surface area contributed by atoms with E-state index in [4.69, 9.17) is 20.2 Å². The van der Waals surface area contributed by atoms with Gasteiger partial charge in [-0.2, -0.15) is 0 Å². The molecule has 2 rings (SSSR count). The minimum atomic E-state index is -3.78. The molecule has 106 valence electrons. The third-order valence-electron chi connectivity index (χ3n) is 2.84. The fourth-order valence-corrected chi connectivity index (χ4v) is 3.68. The highest BCUT2D eigenvalue weighted by atomic mass is 35.7. The Hall–Kier alpha value is -0.630. The molecule has 1 aliphatic heterocycles. The molecule has 0 N–H and O–H groups in total. The van der Waals surface area contributed by atoms with E-state index in [0.717, 1.165) is 24.2 Å². The van der Waals surface area contributed by atoms with Gasteiger partial charge in [0.2, 0.25) is 0 Å². The summed E-state index contributed by atoms with van der Waals surface area (Å²) < 4.78 is 32.5. The van der Waals surface area contributed by atoms with Crippen LogP contribution >= 0.6 is 22.0 Å². The van der Waals surface area contributed by atoms with Gasteiger partial charge in [0.1, 0.15) is 4.21 Å². The number of halogens is 1. The zero-order valence-corrected chi connectivity index (χ0v) is 12.4. The smallest absolute Gasteiger partial charge is 0.339 e. The first-order valence-corrected chi connectivity index (χ1v) is 8.94. The monoisotopic (exact) mass is 324 g/mol. The number of ether oxygens (including phenoxy) is 2. The number of esters is 1. The molecule has 0 atom stereocenters. The molecule has 0 aromatic carbocycles. The number of carbonyl (C=O) groups excluding carboxylic acids is 1. The van der Waals surface area contributed by atoms with Crippen molar-refractivity contribution in [3.63, 3.8) is 0 Å². The normalized spacial score (nSPS) is 17.3. The van der Waals surface area contributed by atoms with Crippen LogP contribution in [0.1, 0.15) is 23.2 Å². The average Bonchev–Trinajstić information content (AvgIpc) is 2.87. The van der Waals surface area contributed by atoms with E-state index >= 15 is 0 Å². The molecular formula is C11H13ClO5S2. The fraction of sp³-hybridized carbons (Fsp3) is 0.545. The Labute approximate surface area is 119 Å². The average molecular weight is 325 g/mol. The van der Waals surface area contributed by atoms with Crippen LogP contribution in [0.5, 0.6) is 0 Å². The molecule has 5 nitrogen and oxygen atoms in total. The van der Waals surface area contributed by atoms with Gasteiger partial charge in [-0.05, 0) is 24.8 Å². The Bertz CT molecular complexity index is 545. The summed E-state index contributed by atoms with van der Waals surface area (Å²) in [6.07, 6.45) is 1.75. The summed E-state index contributed by atoms with van der Waals surface area (Å²) in [7, 11) is 1.41. The predicted molar refractivity (Wildman–Crippen MR) is 71.2 cm³/mol. The van der Waals surface area contributed by atoms with E-state index in [9.17, 15) is 13.2 Å². The van der Waals surface area contributed by atoms with E-state index in [0.29, 0.717) is 25.7 Å². The van der Waals surface area contributed by atoms with Crippen LogP contribution in [0.4, 0.5) is 0 Å².